The topological polar surface area (TPSA) is 37.3 Å². The fourth-order valence-electron chi connectivity index (χ4n) is 2.18. The zero-order chi connectivity index (χ0) is 14.0. The highest BCUT2D eigenvalue weighted by atomic mass is 32.1. The van der Waals surface area contributed by atoms with Gasteiger partial charge in [-0.15, -0.1) is 11.3 Å². The molecule has 1 aromatic carbocycles. The lowest BCUT2D eigenvalue weighted by Crippen LogP contribution is -1.97. The number of hydrogen-bond acceptors (Lipinski definition) is 2. The molecule has 1 N–H and O–H groups in total. The van der Waals surface area contributed by atoms with E-state index in [1.54, 1.807) is 5.38 Å². The molecular formula is C16H18O2S. The summed E-state index contributed by atoms with van der Waals surface area (Å²) in [7, 11) is 0. The van der Waals surface area contributed by atoms with Gasteiger partial charge in [-0.05, 0) is 30.4 Å². The predicted molar refractivity (Wildman–Crippen MR) is 80.2 cm³/mol. The summed E-state index contributed by atoms with van der Waals surface area (Å²) in [6.45, 7) is 6.34. The predicted octanol–water partition coefficient (Wildman–Crippen LogP) is 4.94. The highest BCUT2D eigenvalue weighted by Crippen LogP contribution is 2.33. The summed E-state index contributed by atoms with van der Waals surface area (Å²) in [5.41, 5.74) is 3.55. The van der Waals surface area contributed by atoms with Crippen LogP contribution in [0, 0.1) is 6.92 Å². The minimum Gasteiger partial charge on any atom is -0.478 e. The Kier molecular flexibility index (Phi) is 4.05. The first-order valence-corrected chi connectivity index (χ1v) is 7.34. The van der Waals surface area contributed by atoms with Crippen LogP contribution in [0.3, 0.4) is 0 Å². The maximum absolute atomic E-state index is 11.2. The number of aryl methyl sites for hydroxylation is 1. The van der Waals surface area contributed by atoms with E-state index in [1.807, 2.05) is 19.1 Å². The van der Waals surface area contributed by atoms with Gasteiger partial charge in [0.1, 0.15) is 0 Å². The van der Waals surface area contributed by atoms with Crippen molar-refractivity contribution in [1.82, 2.24) is 0 Å². The van der Waals surface area contributed by atoms with Gasteiger partial charge in [-0.3, -0.25) is 0 Å². The number of hydrogen-bond donors (Lipinski definition) is 1. The first-order chi connectivity index (χ1) is 9.04. The van der Waals surface area contributed by atoms with Gasteiger partial charge in [-0.25, -0.2) is 4.79 Å². The Balaban J connectivity index is 2.43. The van der Waals surface area contributed by atoms with Gasteiger partial charge in [-0.1, -0.05) is 38.1 Å². The third-order valence-electron chi connectivity index (χ3n) is 3.59. The minimum absolute atomic E-state index is 0.402. The molecule has 100 valence electrons. The number of carboxylic acids is 1. The second-order valence-electron chi connectivity index (χ2n) is 4.82. The quantitative estimate of drug-likeness (QED) is 0.857. The lowest BCUT2D eigenvalue weighted by molar-refractivity contribution is 0.0698. The summed E-state index contributed by atoms with van der Waals surface area (Å²) in [6, 6.07) is 8.27. The van der Waals surface area contributed by atoms with E-state index in [2.05, 4.69) is 26.0 Å². The molecule has 0 amide bonds. The molecule has 0 fully saturated rings. The molecule has 0 spiro atoms. The highest BCUT2D eigenvalue weighted by molar-refractivity contribution is 7.10. The Morgan fingerprint density at radius 2 is 1.95 bits per heavy atom. The first-order valence-electron chi connectivity index (χ1n) is 6.46. The van der Waals surface area contributed by atoms with Gasteiger partial charge >= 0.3 is 5.97 Å². The van der Waals surface area contributed by atoms with E-state index in [0.29, 0.717) is 11.5 Å². The molecule has 1 atom stereocenters. The molecule has 2 aromatic rings. The monoisotopic (exact) mass is 274 g/mol. The molecule has 2 nitrogen and oxygen atoms in total. The Morgan fingerprint density at radius 1 is 1.32 bits per heavy atom. The number of benzene rings is 1. The smallest absolute Gasteiger partial charge is 0.337 e. The van der Waals surface area contributed by atoms with E-state index in [4.69, 9.17) is 0 Å². The minimum atomic E-state index is -0.856. The molecule has 1 aromatic heterocycles. The van der Waals surface area contributed by atoms with Gasteiger partial charge in [-0.2, -0.15) is 0 Å². The van der Waals surface area contributed by atoms with Crippen molar-refractivity contribution in [1.29, 1.82) is 0 Å². The summed E-state index contributed by atoms with van der Waals surface area (Å²) < 4.78 is 0. The Bertz CT molecular complexity index is 581. The van der Waals surface area contributed by atoms with Gasteiger partial charge in [0.25, 0.3) is 0 Å². The van der Waals surface area contributed by atoms with Crippen molar-refractivity contribution in [2.24, 2.45) is 0 Å². The van der Waals surface area contributed by atoms with E-state index < -0.39 is 5.97 Å². The van der Waals surface area contributed by atoms with E-state index in [-0.39, 0.29) is 0 Å². The average molecular weight is 274 g/mol. The molecule has 0 aliphatic carbocycles. The van der Waals surface area contributed by atoms with Gasteiger partial charge in [0.15, 0.2) is 0 Å². The van der Waals surface area contributed by atoms with Gasteiger partial charge in [0.05, 0.1) is 5.56 Å². The Morgan fingerprint density at radius 3 is 2.47 bits per heavy atom. The van der Waals surface area contributed by atoms with Gasteiger partial charge in [0.2, 0.25) is 0 Å². The zero-order valence-electron chi connectivity index (χ0n) is 11.4. The fraction of sp³-hybridized carbons (Fsp3) is 0.312. The van der Waals surface area contributed by atoms with Crippen LogP contribution in [0.25, 0.3) is 11.1 Å². The molecule has 0 saturated carbocycles. The van der Waals surface area contributed by atoms with E-state index in [1.165, 1.54) is 16.9 Å². The molecule has 1 heterocycles. The van der Waals surface area contributed by atoms with Crippen molar-refractivity contribution >= 4 is 17.3 Å². The van der Waals surface area contributed by atoms with E-state index >= 15 is 0 Å². The third kappa shape index (κ3) is 2.71. The fourth-order valence-corrected chi connectivity index (χ4v) is 3.04. The van der Waals surface area contributed by atoms with Crippen molar-refractivity contribution in [3.8, 4) is 11.1 Å². The van der Waals surface area contributed by atoms with Gasteiger partial charge < -0.3 is 5.11 Å². The number of rotatable bonds is 4. The molecule has 2 rings (SSSR count). The summed E-state index contributed by atoms with van der Waals surface area (Å²) in [5, 5.41) is 10.9. The lowest BCUT2D eigenvalue weighted by atomic mass is 9.95. The number of carboxylic acid groups (broad SMARTS) is 1. The van der Waals surface area contributed by atoms with E-state index in [9.17, 15) is 9.90 Å². The molecule has 0 aliphatic heterocycles. The van der Waals surface area contributed by atoms with Crippen molar-refractivity contribution in [2.75, 3.05) is 0 Å². The van der Waals surface area contributed by atoms with Crippen molar-refractivity contribution in [2.45, 2.75) is 33.1 Å². The summed E-state index contributed by atoms with van der Waals surface area (Å²) in [4.78, 5) is 12.3. The highest BCUT2D eigenvalue weighted by Gasteiger charge is 2.16. The van der Waals surface area contributed by atoms with Crippen LogP contribution in [0.2, 0.25) is 0 Å². The average Bonchev–Trinajstić information content (AvgIpc) is 2.80. The molecule has 1 unspecified atom stereocenters. The van der Waals surface area contributed by atoms with Crippen LogP contribution >= 0.6 is 11.3 Å². The summed E-state index contributed by atoms with van der Waals surface area (Å²) in [5.74, 6) is -0.318. The molecule has 0 bridgehead atoms. The third-order valence-corrected chi connectivity index (χ3v) is 4.50. The number of carbonyl (C=O) groups is 1. The summed E-state index contributed by atoms with van der Waals surface area (Å²) in [6.07, 6.45) is 1.11. The Labute approximate surface area is 117 Å². The number of aromatic carboxylic acids is 1. The molecule has 19 heavy (non-hydrogen) atoms. The van der Waals surface area contributed by atoms with Gasteiger partial charge in [0, 0.05) is 15.8 Å². The Hall–Kier alpha value is -1.61. The maximum atomic E-state index is 11.2. The molecule has 0 aliphatic rings. The zero-order valence-corrected chi connectivity index (χ0v) is 12.3. The first kappa shape index (κ1) is 13.8. The summed E-state index contributed by atoms with van der Waals surface area (Å²) >= 11 is 1.49. The largest absolute Gasteiger partial charge is 0.478 e. The second kappa shape index (κ2) is 5.57. The number of thiophene rings is 1. The standard InChI is InChI=1S/C16H18O2S/c1-4-10(2)12-5-7-13(8-6-12)15-11(3)19-9-14(15)16(17)18/h5-10H,4H2,1-3H3,(H,17,18). The molecule has 0 saturated heterocycles. The van der Waals surface area contributed by atoms with Crippen LogP contribution in [-0.2, 0) is 0 Å². The SMILES string of the molecule is CCC(C)c1ccc(-c2c(C(=O)O)csc2C)cc1. The maximum Gasteiger partial charge on any atom is 0.337 e. The van der Waals surface area contributed by atoms with Crippen LogP contribution in [0.5, 0.6) is 0 Å². The van der Waals surface area contributed by atoms with Crippen molar-refractivity contribution in [3.63, 3.8) is 0 Å². The normalized spacial score (nSPS) is 12.4. The van der Waals surface area contributed by atoms with E-state index in [0.717, 1.165) is 22.4 Å². The van der Waals surface area contributed by atoms with Crippen LogP contribution < -0.4 is 0 Å². The van der Waals surface area contributed by atoms with Crippen LogP contribution in [-0.4, -0.2) is 11.1 Å². The van der Waals surface area contributed by atoms with Crippen LogP contribution in [0.4, 0.5) is 0 Å². The molecule has 0 radical (unpaired) electrons. The van der Waals surface area contributed by atoms with Crippen molar-refractivity contribution < 1.29 is 9.90 Å². The molecular weight excluding hydrogens is 256 g/mol. The van der Waals surface area contributed by atoms with Crippen LogP contribution in [0.15, 0.2) is 29.6 Å². The second-order valence-corrected chi connectivity index (χ2v) is 5.90. The lowest BCUT2D eigenvalue weighted by Gasteiger charge is -2.10. The van der Waals surface area contributed by atoms with Crippen LogP contribution in [0.1, 0.15) is 47.0 Å². The molecule has 3 heteroatoms. The van der Waals surface area contributed by atoms with Crippen molar-refractivity contribution in [3.05, 3.63) is 45.6 Å².